The molecule has 0 saturated heterocycles. The van der Waals surface area contributed by atoms with Gasteiger partial charge in [0, 0.05) is 23.3 Å². The highest BCUT2D eigenvalue weighted by molar-refractivity contribution is 5.70. The van der Waals surface area contributed by atoms with Gasteiger partial charge in [0.05, 0.1) is 5.76 Å². The molecule has 4 N–H and O–H groups in total. The normalized spacial score (nSPS) is 17.9. The fraction of sp³-hybridized carbons (Fsp3) is 0.392. The standard InChI is InChI=1S/C25H30O4.C24H30O3.C2H4O/c1-15-11-21(12-16(2)23(15)28-19(5)26)22-13-17(3)24(18(4)14-22)29-25(27)20-9-7-6-8-10-20;1-16-14-19(10-12-21(16)25)24(3,4)20-11-13-22(17(2)15-20)27-23(26)18-8-6-5-7-9-18;1-2-3/h6-7,9,11-14,19,25-27H,8,10H2,1-5H3;5-9,11,13-14,17,23,25-26H,10,12,15H2,1-4H3;2H,1H3. The topological polar surface area (TPSA) is 126 Å². The lowest BCUT2D eigenvalue weighted by Gasteiger charge is -2.36. The fourth-order valence-electron chi connectivity index (χ4n) is 7.64. The van der Waals surface area contributed by atoms with Gasteiger partial charge in [0.1, 0.15) is 23.5 Å². The van der Waals surface area contributed by atoms with E-state index >= 15 is 0 Å². The van der Waals surface area contributed by atoms with Crippen molar-refractivity contribution in [3.63, 3.8) is 0 Å². The van der Waals surface area contributed by atoms with Gasteiger partial charge in [-0.2, -0.15) is 0 Å². The van der Waals surface area contributed by atoms with Gasteiger partial charge < -0.3 is 39.4 Å². The smallest absolute Gasteiger partial charge is 0.223 e. The van der Waals surface area contributed by atoms with Gasteiger partial charge in [-0.25, -0.2) is 0 Å². The van der Waals surface area contributed by atoms with Crippen LogP contribution in [0.5, 0.6) is 11.5 Å². The molecule has 0 bridgehead atoms. The van der Waals surface area contributed by atoms with Crippen LogP contribution in [0.1, 0.15) is 108 Å². The summed E-state index contributed by atoms with van der Waals surface area (Å²) in [5, 5.41) is 40.3. The molecular formula is C51H64O8. The monoisotopic (exact) mass is 804 g/mol. The molecule has 0 amide bonds. The van der Waals surface area contributed by atoms with Crippen LogP contribution in [-0.4, -0.2) is 39.3 Å². The van der Waals surface area contributed by atoms with Crippen molar-refractivity contribution in [3.05, 3.63) is 153 Å². The summed E-state index contributed by atoms with van der Waals surface area (Å²) in [6.07, 6.45) is 14.5. The van der Waals surface area contributed by atoms with Gasteiger partial charge in [0.15, 0.2) is 6.29 Å². The summed E-state index contributed by atoms with van der Waals surface area (Å²) in [5.41, 5.74) is 11.4. The predicted molar refractivity (Wildman–Crippen MR) is 237 cm³/mol. The van der Waals surface area contributed by atoms with E-state index in [9.17, 15) is 20.4 Å². The number of aldehydes is 1. The van der Waals surface area contributed by atoms with Gasteiger partial charge in [0.25, 0.3) is 0 Å². The van der Waals surface area contributed by atoms with Crippen LogP contribution in [0.4, 0.5) is 0 Å². The second kappa shape index (κ2) is 21.2. The van der Waals surface area contributed by atoms with E-state index in [1.165, 1.54) is 18.1 Å². The molecule has 0 saturated carbocycles. The first-order valence-electron chi connectivity index (χ1n) is 20.5. The summed E-state index contributed by atoms with van der Waals surface area (Å²) in [6, 6.07) is 17.7. The van der Waals surface area contributed by atoms with Crippen LogP contribution in [0, 0.1) is 39.0 Å². The third-order valence-corrected chi connectivity index (χ3v) is 11.0. The Morgan fingerprint density at radius 3 is 1.80 bits per heavy atom. The van der Waals surface area contributed by atoms with E-state index < -0.39 is 18.9 Å². The molecule has 8 heteroatoms. The lowest BCUT2D eigenvalue weighted by molar-refractivity contribution is -0.106. The van der Waals surface area contributed by atoms with E-state index in [1.54, 1.807) is 6.92 Å². The third kappa shape index (κ3) is 12.4. The van der Waals surface area contributed by atoms with Crippen LogP contribution in [0.15, 0.2) is 125 Å². The highest BCUT2D eigenvalue weighted by Crippen LogP contribution is 2.45. The van der Waals surface area contributed by atoms with Crippen LogP contribution in [0.25, 0.3) is 11.1 Å². The molecule has 0 aliphatic heterocycles. The number of benzene rings is 3. The minimum Gasteiger partial charge on any atom is -0.512 e. The molecule has 4 unspecified atom stereocenters. The van der Waals surface area contributed by atoms with E-state index in [-0.39, 0.29) is 11.3 Å². The lowest BCUT2D eigenvalue weighted by Crippen LogP contribution is -2.24. The number of allylic oxidation sites excluding steroid dienone is 11. The van der Waals surface area contributed by atoms with Crippen molar-refractivity contribution < 1.29 is 39.4 Å². The van der Waals surface area contributed by atoms with Crippen molar-refractivity contribution in [1.29, 1.82) is 0 Å². The maximum atomic E-state index is 10.5. The van der Waals surface area contributed by atoms with Gasteiger partial charge in [0.2, 0.25) is 12.6 Å². The van der Waals surface area contributed by atoms with E-state index in [0.717, 1.165) is 106 Å². The zero-order chi connectivity index (χ0) is 43.4. The summed E-state index contributed by atoms with van der Waals surface area (Å²) in [5.74, 6) is 2.97. The second-order valence-corrected chi connectivity index (χ2v) is 16.2. The number of aryl methyl sites for hydroxylation is 4. The first-order valence-corrected chi connectivity index (χ1v) is 20.5. The van der Waals surface area contributed by atoms with Gasteiger partial charge in [-0.3, -0.25) is 0 Å². The molecule has 3 aliphatic carbocycles. The second-order valence-electron chi connectivity index (χ2n) is 16.2. The third-order valence-electron chi connectivity index (χ3n) is 11.0. The number of aliphatic hydroxyl groups excluding tert-OH is 4. The van der Waals surface area contributed by atoms with E-state index in [0.29, 0.717) is 5.76 Å². The van der Waals surface area contributed by atoms with Crippen LogP contribution in [-0.2, 0) is 9.53 Å². The van der Waals surface area contributed by atoms with Crippen molar-refractivity contribution >= 4 is 6.29 Å². The van der Waals surface area contributed by atoms with E-state index in [4.69, 9.17) is 19.0 Å². The molecule has 0 fully saturated rings. The Labute approximate surface area is 351 Å². The van der Waals surface area contributed by atoms with Crippen LogP contribution >= 0.6 is 0 Å². The highest BCUT2D eigenvalue weighted by Gasteiger charge is 2.33. The Morgan fingerprint density at radius 1 is 0.746 bits per heavy atom. The minimum atomic E-state index is -0.945. The Hall–Kier alpha value is -5.15. The van der Waals surface area contributed by atoms with Crippen molar-refractivity contribution in [2.45, 2.75) is 120 Å². The number of carbonyl (C=O) groups is 1. The molecule has 3 aromatic rings. The average Bonchev–Trinajstić information content (AvgIpc) is 3.20. The molecule has 59 heavy (non-hydrogen) atoms. The van der Waals surface area contributed by atoms with E-state index in [1.807, 2.05) is 83.2 Å². The average molecular weight is 805 g/mol. The number of carbonyl (C=O) groups excluding carboxylic acids is 1. The molecule has 0 heterocycles. The largest absolute Gasteiger partial charge is 0.512 e. The maximum absolute atomic E-state index is 10.5. The molecule has 6 rings (SSSR count). The van der Waals surface area contributed by atoms with Gasteiger partial charge in [-0.05, 0) is 149 Å². The first kappa shape index (κ1) is 46.5. The summed E-state index contributed by atoms with van der Waals surface area (Å²) < 4.78 is 17.3. The SMILES string of the molecule is CC1=C(O)CCC(C(C)(C)C2=CC=C(OC(O)c3ccccc3)C(C)C2)=C1.CC=O.Cc1cc(-c2cc(C)c(OC(O)C3=CC=CCC3)c(C)c2)cc(C)c1OC(C)O. The van der Waals surface area contributed by atoms with Gasteiger partial charge >= 0.3 is 0 Å². The van der Waals surface area contributed by atoms with Crippen LogP contribution in [0.3, 0.4) is 0 Å². The molecule has 316 valence electrons. The predicted octanol–water partition coefficient (Wildman–Crippen LogP) is 11.6. The fourth-order valence-corrected chi connectivity index (χ4v) is 7.64. The number of aliphatic hydroxyl groups is 4. The van der Waals surface area contributed by atoms with Crippen molar-refractivity contribution in [3.8, 4) is 22.6 Å². The summed E-state index contributed by atoms with van der Waals surface area (Å²) in [7, 11) is 0. The van der Waals surface area contributed by atoms with Crippen molar-refractivity contribution in [2.24, 2.45) is 11.3 Å². The molecule has 0 aromatic heterocycles. The highest BCUT2D eigenvalue weighted by atomic mass is 16.6. The summed E-state index contributed by atoms with van der Waals surface area (Å²) in [4.78, 5) is 8.81. The molecule has 0 radical (unpaired) electrons. The van der Waals surface area contributed by atoms with E-state index in [2.05, 4.69) is 63.3 Å². The Kier molecular flexibility index (Phi) is 16.7. The Balaban J connectivity index is 0.000000245. The zero-order valence-corrected chi connectivity index (χ0v) is 36.5. The van der Waals surface area contributed by atoms with Crippen LogP contribution < -0.4 is 9.47 Å². The number of hydrogen-bond acceptors (Lipinski definition) is 8. The van der Waals surface area contributed by atoms with Crippen molar-refractivity contribution in [2.75, 3.05) is 0 Å². The number of rotatable bonds is 11. The Morgan fingerprint density at radius 2 is 1.31 bits per heavy atom. The molecule has 0 spiro atoms. The van der Waals surface area contributed by atoms with Gasteiger partial charge in [-0.1, -0.05) is 92.6 Å². The molecular weight excluding hydrogens is 741 g/mol. The molecule has 3 aliphatic rings. The summed E-state index contributed by atoms with van der Waals surface area (Å²) in [6.45, 7) is 19.6. The first-order chi connectivity index (χ1) is 28.0. The molecule has 3 aromatic carbocycles. The van der Waals surface area contributed by atoms with Crippen molar-refractivity contribution in [1.82, 2.24) is 0 Å². The maximum Gasteiger partial charge on any atom is 0.223 e. The number of ether oxygens (including phenoxy) is 3. The quantitative estimate of drug-likeness (QED) is 0.111. The molecule has 8 nitrogen and oxygen atoms in total. The zero-order valence-electron chi connectivity index (χ0n) is 36.5. The van der Waals surface area contributed by atoms with Gasteiger partial charge in [-0.15, -0.1) is 0 Å². The number of hydrogen-bond donors (Lipinski definition) is 4. The Bertz CT molecular complexity index is 2070. The summed E-state index contributed by atoms with van der Waals surface area (Å²) >= 11 is 0. The minimum absolute atomic E-state index is 0.0592. The lowest BCUT2D eigenvalue weighted by atomic mass is 9.69. The van der Waals surface area contributed by atoms with Crippen LogP contribution in [0.2, 0.25) is 0 Å². The molecule has 4 atom stereocenters.